The zero-order chi connectivity index (χ0) is 22.8. The van der Waals surface area contributed by atoms with Crippen molar-refractivity contribution in [3.05, 3.63) is 113 Å². The van der Waals surface area contributed by atoms with E-state index < -0.39 is 0 Å². The van der Waals surface area contributed by atoms with Crippen molar-refractivity contribution in [3.8, 4) is 0 Å². The number of allylic oxidation sites excluding steroid dienone is 7. The summed E-state index contributed by atoms with van der Waals surface area (Å²) in [6.07, 6.45) is 18.6. The monoisotopic (exact) mass is 424 g/mol. The van der Waals surface area contributed by atoms with Crippen LogP contribution in [0.4, 0.5) is 0 Å². The Balaban J connectivity index is 0.00000141. The fourth-order valence-electron chi connectivity index (χ4n) is 4.25. The van der Waals surface area contributed by atoms with Crippen molar-refractivity contribution in [2.24, 2.45) is 16.6 Å². The van der Waals surface area contributed by atoms with E-state index in [9.17, 15) is 0 Å². The highest BCUT2D eigenvalue weighted by atomic mass is 14.8. The highest BCUT2D eigenvalue weighted by Crippen LogP contribution is 2.34. The van der Waals surface area contributed by atoms with E-state index >= 15 is 0 Å². The Morgan fingerprint density at radius 1 is 1.03 bits per heavy atom. The summed E-state index contributed by atoms with van der Waals surface area (Å²) in [4.78, 5) is 4.80. The third-order valence-corrected chi connectivity index (χ3v) is 6.05. The summed E-state index contributed by atoms with van der Waals surface area (Å²) in [5, 5.41) is 0. The molecule has 1 heterocycles. The van der Waals surface area contributed by atoms with Gasteiger partial charge in [-0.1, -0.05) is 99.7 Å². The number of benzene rings is 2. The lowest BCUT2D eigenvalue weighted by atomic mass is 9.90. The molecule has 2 N–H and O–H groups in total. The van der Waals surface area contributed by atoms with Gasteiger partial charge in [0.15, 0.2) is 0 Å². The molecule has 1 aliphatic carbocycles. The molecular weight excluding hydrogens is 388 g/mol. The number of nitrogens with zero attached hydrogens (tertiary/aromatic N) is 1. The summed E-state index contributed by atoms with van der Waals surface area (Å²) in [5.41, 5.74) is 12.3. The van der Waals surface area contributed by atoms with Gasteiger partial charge in [-0.3, -0.25) is 4.99 Å². The minimum absolute atomic E-state index is 0.0712. The molecule has 2 aromatic rings. The topological polar surface area (TPSA) is 38.4 Å². The molecule has 0 radical (unpaired) electrons. The molecule has 2 heteroatoms. The molecule has 0 bridgehead atoms. The van der Waals surface area contributed by atoms with Crippen molar-refractivity contribution in [3.63, 3.8) is 0 Å². The molecule has 2 aromatic carbocycles. The maximum absolute atomic E-state index is 6.32. The van der Waals surface area contributed by atoms with Gasteiger partial charge in [-0.15, -0.1) is 0 Å². The molecule has 32 heavy (non-hydrogen) atoms. The van der Waals surface area contributed by atoms with Crippen LogP contribution >= 0.6 is 0 Å². The van der Waals surface area contributed by atoms with Crippen LogP contribution in [-0.2, 0) is 0 Å². The van der Waals surface area contributed by atoms with Gasteiger partial charge in [-0.05, 0) is 59.6 Å². The molecule has 0 saturated heterocycles. The van der Waals surface area contributed by atoms with E-state index in [2.05, 4.69) is 91.9 Å². The van der Waals surface area contributed by atoms with Gasteiger partial charge >= 0.3 is 0 Å². The van der Waals surface area contributed by atoms with Crippen LogP contribution in [0.5, 0.6) is 0 Å². The van der Waals surface area contributed by atoms with Crippen LogP contribution < -0.4 is 5.73 Å². The summed E-state index contributed by atoms with van der Waals surface area (Å²) < 4.78 is 0. The fraction of sp³-hybridized carbons (Fsp3) is 0.300. The normalized spacial score (nSPS) is 21.2. The highest BCUT2D eigenvalue weighted by Gasteiger charge is 2.19. The standard InChI is InChI=1S/C28H30N2.C2H6/c1-21(11-10-18-27(29)23-14-6-3-7-15-23)25-16-8-9-17-26(25)28-19-24(20-30-28)22-12-4-2-5-13-22;1-2/h2-6,8-13,16-21,23,28H,7,14-15,29H2,1H3;1-2H3/b11-10-,27-18-;/t21-,23?,28?;/m0./s1. The third kappa shape index (κ3) is 5.97. The van der Waals surface area contributed by atoms with Crippen LogP contribution in [0.2, 0.25) is 0 Å². The Morgan fingerprint density at radius 2 is 1.78 bits per heavy atom. The Morgan fingerprint density at radius 3 is 2.53 bits per heavy atom. The molecule has 166 valence electrons. The lowest BCUT2D eigenvalue weighted by Crippen LogP contribution is -2.12. The van der Waals surface area contributed by atoms with Crippen LogP contribution in [0.15, 0.2) is 102 Å². The molecular formula is C30H36N2. The number of hydrogen-bond donors (Lipinski definition) is 1. The maximum Gasteiger partial charge on any atom is 0.0942 e. The quantitative estimate of drug-likeness (QED) is 0.373. The molecule has 0 spiro atoms. The lowest BCUT2D eigenvalue weighted by Gasteiger charge is -2.18. The van der Waals surface area contributed by atoms with Crippen LogP contribution in [0.3, 0.4) is 0 Å². The van der Waals surface area contributed by atoms with Gasteiger partial charge in [0.1, 0.15) is 0 Å². The van der Waals surface area contributed by atoms with Gasteiger partial charge in [0.25, 0.3) is 0 Å². The van der Waals surface area contributed by atoms with Crippen molar-refractivity contribution in [1.29, 1.82) is 0 Å². The first-order chi connectivity index (χ1) is 15.7. The Bertz CT molecular complexity index is 1010. The minimum atomic E-state index is 0.0712. The van der Waals surface area contributed by atoms with Crippen molar-refractivity contribution in [2.75, 3.05) is 0 Å². The molecule has 1 aliphatic heterocycles. The second-order valence-electron chi connectivity index (χ2n) is 8.16. The molecule has 2 unspecified atom stereocenters. The van der Waals surface area contributed by atoms with E-state index in [0.29, 0.717) is 11.8 Å². The smallest absolute Gasteiger partial charge is 0.0942 e. The van der Waals surface area contributed by atoms with Gasteiger partial charge in [0.05, 0.1) is 6.04 Å². The molecule has 2 nitrogen and oxygen atoms in total. The minimum Gasteiger partial charge on any atom is -0.402 e. The number of nitrogens with two attached hydrogens (primary N) is 1. The third-order valence-electron chi connectivity index (χ3n) is 6.05. The van der Waals surface area contributed by atoms with E-state index in [-0.39, 0.29) is 6.04 Å². The average Bonchev–Trinajstić information content (AvgIpc) is 3.36. The summed E-state index contributed by atoms with van der Waals surface area (Å²) in [5.74, 6) is 0.775. The van der Waals surface area contributed by atoms with Crippen LogP contribution in [0.1, 0.15) is 68.7 Å². The first-order valence-corrected chi connectivity index (χ1v) is 11.9. The zero-order valence-electron chi connectivity index (χ0n) is 19.6. The molecule has 0 saturated carbocycles. The summed E-state index contributed by atoms with van der Waals surface area (Å²) >= 11 is 0. The zero-order valence-corrected chi connectivity index (χ0v) is 19.6. The first kappa shape index (κ1) is 23.5. The fourth-order valence-corrected chi connectivity index (χ4v) is 4.25. The van der Waals surface area contributed by atoms with Crippen molar-refractivity contribution < 1.29 is 0 Å². The lowest BCUT2D eigenvalue weighted by molar-refractivity contribution is 0.547. The van der Waals surface area contributed by atoms with Gasteiger partial charge in [0, 0.05) is 17.8 Å². The highest BCUT2D eigenvalue weighted by molar-refractivity contribution is 6.11. The molecule has 4 rings (SSSR count). The SMILES string of the molecule is CC.C[C@@H](/C=C\C=C(/N)C1CC=CCC1)c1ccccc1C1C=C(c2ccccc2)C=N1. The van der Waals surface area contributed by atoms with Gasteiger partial charge in [-0.2, -0.15) is 0 Å². The summed E-state index contributed by atoms with van der Waals surface area (Å²) in [6.45, 7) is 6.24. The molecule has 3 atom stereocenters. The van der Waals surface area contributed by atoms with Crippen LogP contribution in [0, 0.1) is 5.92 Å². The first-order valence-electron chi connectivity index (χ1n) is 11.9. The van der Waals surface area contributed by atoms with E-state index in [1.165, 1.54) is 22.3 Å². The molecule has 0 aromatic heterocycles. The van der Waals surface area contributed by atoms with Crippen molar-refractivity contribution in [1.82, 2.24) is 0 Å². The number of aliphatic imine (C=N–C) groups is 1. The van der Waals surface area contributed by atoms with Crippen LogP contribution in [0.25, 0.3) is 5.57 Å². The number of hydrogen-bond acceptors (Lipinski definition) is 2. The van der Waals surface area contributed by atoms with E-state index in [0.717, 1.165) is 25.0 Å². The van der Waals surface area contributed by atoms with Crippen molar-refractivity contribution in [2.45, 2.75) is 52.0 Å². The molecule has 0 fully saturated rings. The Kier molecular flexibility index (Phi) is 8.86. The predicted molar refractivity (Wildman–Crippen MR) is 140 cm³/mol. The summed E-state index contributed by atoms with van der Waals surface area (Å²) in [6, 6.07) is 19.2. The van der Waals surface area contributed by atoms with Gasteiger partial charge in [-0.25, -0.2) is 0 Å². The predicted octanol–water partition coefficient (Wildman–Crippen LogP) is 7.78. The molecule has 0 amide bonds. The number of rotatable bonds is 6. The van der Waals surface area contributed by atoms with Gasteiger partial charge in [0.2, 0.25) is 0 Å². The van der Waals surface area contributed by atoms with Crippen LogP contribution in [-0.4, -0.2) is 6.21 Å². The maximum atomic E-state index is 6.32. The molecule has 2 aliphatic rings. The largest absolute Gasteiger partial charge is 0.402 e. The van der Waals surface area contributed by atoms with Gasteiger partial charge < -0.3 is 5.73 Å². The summed E-state index contributed by atoms with van der Waals surface area (Å²) in [7, 11) is 0. The average molecular weight is 425 g/mol. The van der Waals surface area contributed by atoms with Crippen molar-refractivity contribution >= 4 is 11.8 Å². The second-order valence-corrected chi connectivity index (χ2v) is 8.16. The second kappa shape index (κ2) is 12.0. The van der Waals surface area contributed by atoms with E-state index in [4.69, 9.17) is 10.7 Å². The Labute approximate surface area is 194 Å². The Hall–Kier alpha value is -3.13. The van der Waals surface area contributed by atoms with E-state index in [1.54, 1.807) is 0 Å². The van der Waals surface area contributed by atoms with E-state index in [1.807, 2.05) is 26.1 Å².